The average Bonchev–Trinajstić information content (AvgIpc) is 3.84. The van der Waals surface area contributed by atoms with Gasteiger partial charge in [0.15, 0.2) is 0 Å². The van der Waals surface area contributed by atoms with Crippen molar-refractivity contribution in [2.75, 3.05) is 32.7 Å². The number of carbonyl (C=O) groups is 4. The largest absolute Gasteiger partial charge is 0.444 e. The van der Waals surface area contributed by atoms with Gasteiger partial charge in [0.05, 0.1) is 17.1 Å². The SMILES string of the molecule is CC(C)(C)OC(=O)N1CCC(CNC(=O)[C@H]2CCCN2C(=O)[C@@H]2C[C@@H](OC(C)(C)C)CN2C(=O)CC(c2ccc(F)cc2)(c2ccc(F)cc2)c2ccc(F)cc2)CC1. The standard InChI is InChI=1S/C46H57F3N4O6/c1-44(2,3)58-37-26-39(42(56)52-23-7-8-38(52)41(55)50-28-30-21-24-51(25-22-30)43(57)59-45(4,5)6)53(29-37)40(54)27-46(31-9-15-34(47)16-10-31,32-11-17-35(48)18-12-32)33-13-19-36(49)20-14-33/h9-20,30,37-39H,7-8,21-29H2,1-6H3,(H,50,55)/t37-,38-,39+/m1/s1. The molecular weight excluding hydrogens is 762 g/mol. The summed E-state index contributed by atoms with van der Waals surface area (Å²) in [6.07, 6.45) is 1.60. The number of benzene rings is 3. The van der Waals surface area contributed by atoms with Gasteiger partial charge in [-0.1, -0.05) is 36.4 Å². The molecule has 10 nitrogen and oxygen atoms in total. The molecule has 0 radical (unpaired) electrons. The molecule has 3 aliphatic rings. The van der Waals surface area contributed by atoms with Crippen LogP contribution in [0.15, 0.2) is 72.8 Å². The zero-order valence-electron chi connectivity index (χ0n) is 34.9. The maximum absolute atomic E-state index is 15.0. The first-order chi connectivity index (χ1) is 27.8. The van der Waals surface area contributed by atoms with Crippen molar-refractivity contribution in [2.45, 2.75) is 115 Å². The van der Waals surface area contributed by atoms with E-state index in [-0.39, 0.29) is 43.2 Å². The highest BCUT2D eigenvalue weighted by atomic mass is 19.1. The van der Waals surface area contributed by atoms with Crippen molar-refractivity contribution in [3.05, 3.63) is 107 Å². The number of piperidine rings is 1. The van der Waals surface area contributed by atoms with Gasteiger partial charge in [0, 0.05) is 45.6 Å². The lowest BCUT2D eigenvalue weighted by molar-refractivity contribution is -0.147. The fourth-order valence-electron chi connectivity index (χ4n) is 8.73. The number of halogens is 3. The van der Waals surface area contributed by atoms with Crippen molar-refractivity contribution in [1.29, 1.82) is 0 Å². The topological polar surface area (TPSA) is 108 Å². The Morgan fingerprint density at radius 1 is 0.678 bits per heavy atom. The molecule has 0 bridgehead atoms. The molecule has 3 fully saturated rings. The third kappa shape index (κ3) is 10.5. The van der Waals surface area contributed by atoms with Crippen LogP contribution in [0.4, 0.5) is 18.0 Å². The molecule has 0 aliphatic carbocycles. The van der Waals surface area contributed by atoms with E-state index in [4.69, 9.17) is 9.47 Å². The van der Waals surface area contributed by atoms with Crippen molar-refractivity contribution >= 4 is 23.8 Å². The fourth-order valence-corrected chi connectivity index (χ4v) is 8.73. The second kappa shape index (κ2) is 17.7. The predicted octanol–water partition coefficient (Wildman–Crippen LogP) is 7.37. The van der Waals surface area contributed by atoms with E-state index in [0.717, 1.165) is 0 Å². The number of hydrogen-bond donors (Lipinski definition) is 1. The first-order valence-electron chi connectivity index (χ1n) is 20.6. The lowest BCUT2D eigenvalue weighted by atomic mass is 9.67. The van der Waals surface area contributed by atoms with Crippen LogP contribution < -0.4 is 5.32 Å². The predicted molar refractivity (Wildman–Crippen MR) is 217 cm³/mol. The smallest absolute Gasteiger partial charge is 0.410 e. The number of hydrogen-bond acceptors (Lipinski definition) is 6. The van der Waals surface area contributed by atoms with Gasteiger partial charge < -0.3 is 29.5 Å². The zero-order chi connectivity index (χ0) is 42.7. The third-order valence-electron chi connectivity index (χ3n) is 11.5. The summed E-state index contributed by atoms with van der Waals surface area (Å²) in [5.74, 6) is -2.35. The summed E-state index contributed by atoms with van der Waals surface area (Å²) in [6, 6.07) is 15.4. The molecule has 3 saturated heterocycles. The van der Waals surface area contributed by atoms with Gasteiger partial charge in [-0.05, 0) is 126 Å². The van der Waals surface area contributed by atoms with E-state index in [0.29, 0.717) is 68.6 Å². The van der Waals surface area contributed by atoms with E-state index >= 15 is 4.79 Å². The maximum atomic E-state index is 15.0. The molecule has 13 heteroatoms. The van der Waals surface area contributed by atoms with E-state index in [1.54, 1.807) is 46.2 Å². The van der Waals surface area contributed by atoms with E-state index < -0.39 is 58.2 Å². The van der Waals surface area contributed by atoms with Crippen molar-refractivity contribution in [3.63, 3.8) is 0 Å². The minimum atomic E-state index is -1.35. The highest BCUT2D eigenvalue weighted by molar-refractivity contribution is 5.93. The van der Waals surface area contributed by atoms with Gasteiger partial charge in [-0.25, -0.2) is 18.0 Å². The van der Waals surface area contributed by atoms with Gasteiger partial charge in [-0.2, -0.15) is 0 Å². The summed E-state index contributed by atoms with van der Waals surface area (Å²) in [4.78, 5) is 60.8. The summed E-state index contributed by atoms with van der Waals surface area (Å²) in [7, 11) is 0. The van der Waals surface area contributed by atoms with Gasteiger partial charge in [0.25, 0.3) is 0 Å². The van der Waals surface area contributed by atoms with Gasteiger partial charge in [-0.3, -0.25) is 14.4 Å². The number of ether oxygens (including phenoxy) is 2. The maximum Gasteiger partial charge on any atom is 0.410 e. The Morgan fingerprint density at radius 2 is 1.19 bits per heavy atom. The second-order valence-electron chi connectivity index (χ2n) is 18.1. The van der Waals surface area contributed by atoms with E-state index in [1.807, 2.05) is 41.5 Å². The van der Waals surface area contributed by atoms with Crippen LogP contribution in [0.3, 0.4) is 0 Å². The summed E-state index contributed by atoms with van der Waals surface area (Å²) in [5.41, 5.74) is -0.970. The second-order valence-corrected chi connectivity index (χ2v) is 18.1. The fraction of sp³-hybridized carbons (Fsp3) is 0.522. The normalized spacial score (nSPS) is 20.5. The van der Waals surface area contributed by atoms with E-state index in [1.165, 1.54) is 41.3 Å². The quantitative estimate of drug-likeness (QED) is 0.214. The first-order valence-corrected chi connectivity index (χ1v) is 20.6. The molecule has 3 aliphatic heterocycles. The summed E-state index contributed by atoms with van der Waals surface area (Å²) in [5, 5.41) is 3.07. The third-order valence-corrected chi connectivity index (χ3v) is 11.5. The molecule has 59 heavy (non-hydrogen) atoms. The minimum Gasteiger partial charge on any atom is -0.444 e. The minimum absolute atomic E-state index is 0.103. The van der Waals surface area contributed by atoms with E-state index in [9.17, 15) is 27.6 Å². The van der Waals surface area contributed by atoms with Gasteiger partial charge in [0.2, 0.25) is 17.7 Å². The van der Waals surface area contributed by atoms with Crippen LogP contribution in [-0.2, 0) is 29.3 Å². The van der Waals surface area contributed by atoms with Crippen LogP contribution in [0.2, 0.25) is 0 Å². The van der Waals surface area contributed by atoms with Crippen LogP contribution >= 0.6 is 0 Å². The van der Waals surface area contributed by atoms with Crippen molar-refractivity contribution in [3.8, 4) is 0 Å². The molecule has 6 rings (SSSR count). The molecule has 318 valence electrons. The molecule has 1 N–H and O–H groups in total. The van der Waals surface area contributed by atoms with Gasteiger partial charge in [-0.15, -0.1) is 0 Å². The van der Waals surface area contributed by atoms with Crippen molar-refractivity contribution in [2.24, 2.45) is 5.92 Å². The number of amides is 4. The lowest BCUT2D eigenvalue weighted by Crippen LogP contribution is -2.54. The molecular formula is C46H57F3N4O6. The Labute approximate surface area is 345 Å². The molecule has 3 aromatic carbocycles. The summed E-state index contributed by atoms with van der Waals surface area (Å²) in [6.45, 7) is 13.1. The number of rotatable bonds is 10. The number of nitrogens with zero attached hydrogens (tertiary/aromatic N) is 3. The molecule has 0 saturated carbocycles. The highest BCUT2D eigenvalue weighted by Crippen LogP contribution is 2.44. The molecule has 3 heterocycles. The zero-order valence-corrected chi connectivity index (χ0v) is 34.9. The molecule has 0 aromatic heterocycles. The number of likely N-dealkylation sites (tertiary alicyclic amines) is 3. The highest BCUT2D eigenvalue weighted by Gasteiger charge is 2.48. The number of carbonyl (C=O) groups excluding carboxylic acids is 4. The van der Waals surface area contributed by atoms with Crippen LogP contribution in [0.1, 0.15) is 96.8 Å². The molecule has 0 unspecified atom stereocenters. The molecule has 4 amide bonds. The summed E-state index contributed by atoms with van der Waals surface area (Å²) >= 11 is 0. The molecule has 0 spiro atoms. The Kier molecular flexibility index (Phi) is 13.1. The van der Waals surface area contributed by atoms with Gasteiger partial charge >= 0.3 is 6.09 Å². The molecule has 3 atom stereocenters. The van der Waals surface area contributed by atoms with Crippen LogP contribution in [0.25, 0.3) is 0 Å². The number of nitrogens with one attached hydrogen (secondary N) is 1. The van der Waals surface area contributed by atoms with Gasteiger partial charge in [0.1, 0.15) is 35.1 Å². The van der Waals surface area contributed by atoms with Crippen LogP contribution in [-0.4, -0.2) is 101 Å². The van der Waals surface area contributed by atoms with Crippen LogP contribution in [0, 0.1) is 23.4 Å². The van der Waals surface area contributed by atoms with E-state index in [2.05, 4.69) is 5.32 Å². The van der Waals surface area contributed by atoms with Crippen LogP contribution in [0.5, 0.6) is 0 Å². The lowest BCUT2D eigenvalue weighted by Gasteiger charge is -2.38. The Morgan fingerprint density at radius 3 is 1.66 bits per heavy atom. The Bertz CT molecular complexity index is 1840. The van der Waals surface area contributed by atoms with Crippen molar-refractivity contribution in [1.82, 2.24) is 20.0 Å². The Hall–Kier alpha value is -4.91. The monoisotopic (exact) mass is 818 g/mol. The first kappa shape index (κ1) is 43.7. The average molecular weight is 819 g/mol. The summed E-state index contributed by atoms with van der Waals surface area (Å²) < 4.78 is 55.1. The molecule has 3 aromatic rings. The van der Waals surface area contributed by atoms with Crippen molar-refractivity contribution < 1.29 is 41.8 Å². The Balaban J connectivity index is 1.24.